The first-order chi connectivity index (χ1) is 4.39. The van der Waals surface area contributed by atoms with Crippen molar-refractivity contribution in [3.63, 3.8) is 0 Å². The normalized spacial score (nSPS) is 18.8. The Labute approximate surface area is 64.6 Å². The Bertz CT molecular complexity index is 113. The fourth-order valence-corrected chi connectivity index (χ4v) is 0.612. The van der Waals surface area contributed by atoms with Crippen LogP contribution in [0.5, 0.6) is 0 Å². The van der Waals surface area contributed by atoms with E-state index in [1.165, 1.54) is 19.3 Å². The second-order valence-corrected chi connectivity index (χ2v) is 7.70. The summed E-state index contributed by atoms with van der Waals surface area (Å²) in [6, 6.07) is 0. The quantitative estimate of drug-likeness (QED) is 0.500. The molecule has 0 saturated heterocycles. The topological polar surface area (TPSA) is 17.1 Å². The lowest BCUT2D eigenvalue weighted by atomic mass is 9.88. The summed E-state index contributed by atoms with van der Waals surface area (Å²) in [7, 11) is -1.64. The van der Waals surface area contributed by atoms with Crippen LogP contribution in [0.1, 0.15) is 26.2 Å². The lowest BCUT2D eigenvalue weighted by molar-refractivity contribution is 0.346. The minimum absolute atomic E-state index is 1.06. The van der Waals surface area contributed by atoms with Crippen LogP contribution >= 0.6 is 7.14 Å². The van der Waals surface area contributed by atoms with E-state index in [4.69, 9.17) is 0 Å². The van der Waals surface area contributed by atoms with Crippen molar-refractivity contribution in [1.29, 1.82) is 0 Å². The Morgan fingerprint density at radius 1 is 1.20 bits per heavy atom. The minimum atomic E-state index is -1.64. The zero-order valence-corrected chi connectivity index (χ0v) is 8.45. The highest BCUT2D eigenvalue weighted by molar-refractivity contribution is 7.61. The lowest BCUT2D eigenvalue weighted by Gasteiger charge is -2.18. The van der Waals surface area contributed by atoms with E-state index in [9.17, 15) is 4.57 Å². The molecule has 0 unspecified atom stereocenters. The summed E-state index contributed by atoms with van der Waals surface area (Å²) in [6.45, 7) is 7.54. The third kappa shape index (κ3) is 11.1. The first kappa shape index (κ1) is 10.2. The summed E-state index contributed by atoms with van der Waals surface area (Å²) < 4.78 is 10.2. The van der Waals surface area contributed by atoms with E-state index >= 15 is 0 Å². The molecule has 0 aliphatic heterocycles. The maximum Gasteiger partial charge on any atom is 0.0790 e. The van der Waals surface area contributed by atoms with E-state index in [0.29, 0.717) is 0 Å². The molecule has 0 atom stereocenters. The van der Waals surface area contributed by atoms with Gasteiger partial charge in [-0.2, -0.15) is 0 Å². The summed E-state index contributed by atoms with van der Waals surface area (Å²) in [5.41, 5.74) is 0. The second kappa shape index (κ2) is 4.18. The first-order valence-electron chi connectivity index (χ1n) is 3.92. The molecule has 0 N–H and O–H groups in total. The maximum absolute atomic E-state index is 10.2. The van der Waals surface area contributed by atoms with Gasteiger partial charge in [0, 0.05) is 0 Å². The highest BCUT2D eigenvalue weighted by Crippen LogP contribution is 2.28. The standard InChI is InChI=1S/C5H10.C3H9OP/c1-5-3-2-4-5;1-5(2,3)4/h5H,2-4H2,1H3;1-3H3. The first-order valence-corrected chi connectivity index (χ1v) is 6.97. The third-order valence-electron chi connectivity index (χ3n) is 1.39. The predicted molar refractivity (Wildman–Crippen MR) is 48.4 cm³/mol. The van der Waals surface area contributed by atoms with Gasteiger partial charge in [0.1, 0.15) is 0 Å². The lowest BCUT2D eigenvalue weighted by Crippen LogP contribution is -2.04. The Kier molecular flexibility index (Phi) is 4.28. The zero-order valence-electron chi connectivity index (χ0n) is 7.55. The molecule has 0 amide bonds. The van der Waals surface area contributed by atoms with Crippen LogP contribution in [0, 0.1) is 5.92 Å². The molecule has 2 heteroatoms. The van der Waals surface area contributed by atoms with Crippen molar-refractivity contribution < 1.29 is 4.57 Å². The van der Waals surface area contributed by atoms with Crippen LogP contribution in [0.4, 0.5) is 0 Å². The SMILES string of the molecule is CC1CCC1.CP(C)(C)=O. The van der Waals surface area contributed by atoms with Gasteiger partial charge < -0.3 is 4.57 Å². The molecule has 0 aromatic rings. The van der Waals surface area contributed by atoms with Crippen LogP contribution in [-0.2, 0) is 4.57 Å². The third-order valence-corrected chi connectivity index (χ3v) is 1.39. The average Bonchev–Trinajstić information content (AvgIpc) is 1.56. The molecule has 0 aromatic carbocycles. The Morgan fingerprint density at radius 2 is 1.40 bits per heavy atom. The Morgan fingerprint density at radius 3 is 1.40 bits per heavy atom. The molecule has 1 fully saturated rings. The summed E-state index contributed by atoms with van der Waals surface area (Å²) in [4.78, 5) is 0. The van der Waals surface area contributed by atoms with Gasteiger partial charge in [0.05, 0.1) is 7.14 Å². The highest BCUT2D eigenvalue weighted by atomic mass is 31.2. The minimum Gasteiger partial charge on any atom is -0.324 e. The summed E-state index contributed by atoms with van der Waals surface area (Å²) in [6.07, 6.45) is 4.46. The zero-order chi connectivity index (χ0) is 8.20. The van der Waals surface area contributed by atoms with Crippen molar-refractivity contribution in [2.45, 2.75) is 26.2 Å². The molecule has 0 radical (unpaired) electrons. The Hall–Kier alpha value is 0.230. The van der Waals surface area contributed by atoms with Gasteiger partial charge in [-0.25, -0.2) is 0 Å². The van der Waals surface area contributed by atoms with Crippen molar-refractivity contribution in [3.8, 4) is 0 Å². The summed E-state index contributed by atoms with van der Waals surface area (Å²) >= 11 is 0. The van der Waals surface area contributed by atoms with Crippen molar-refractivity contribution >= 4 is 7.14 Å². The van der Waals surface area contributed by atoms with Gasteiger partial charge in [-0.1, -0.05) is 26.2 Å². The highest BCUT2D eigenvalue weighted by Gasteiger charge is 2.09. The smallest absolute Gasteiger partial charge is 0.0790 e. The van der Waals surface area contributed by atoms with Gasteiger partial charge in [0.15, 0.2) is 0 Å². The maximum atomic E-state index is 10.2. The van der Waals surface area contributed by atoms with Gasteiger partial charge in [0.25, 0.3) is 0 Å². The molecule has 0 heterocycles. The predicted octanol–water partition coefficient (Wildman–Crippen LogP) is 3.05. The molecule has 62 valence electrons. The van der Waals surface area contributed by atoms with Crippen molar-refractivity contribution in [1.82, 2.24) is 0 Å². The molecule has 0 aromatic heterocycles. The molecular weight excluding hydrogens is 143 g/mol. The summed E-state index contributed by atoms with van der Waals surface area (Å²) in [5.74, 6) is 1.06. The van der Waals surface area contributed by atoms with E-state index in [0.717, 1.165) is 5.92 Å². The van der Waals surface area contributed by atoms with E-state index < -0.39 is 7.14 Å². The average molecular weight is 162 g/mol. The van der Waals surface area contributed by atoms with E-state index in [1.807, 2.05) is 0 Å². The van der Waals surface area contributed by atoms with Gasteiger partial charge in [-0.05, 0) is 25.9 Å². The molecule has 1 rings (SSSR count). The van der Waals surface area contributed by atoms with E-state index in [-0.39, 0.29) is 0 Å². The largest absolute Gasteiger partial charge is 0.324 e. The molecule has 1 saturated carbocycles. The molecular formula is C8H19OP. The monoisotopic (exact) mass is 162 g/mol. The fraction of sp³-hybridized carbons (Fsp3) is 1.00. The molecule has 1 aliphatic rings. The van der Waals surface area contributed by atoms with E-state index in [2.05, 4.69) is 6.92 Å². The number of hydrogen-bond donors (Lipinski definition) is 0. The van der Waals surface area contributed by atoms with Crippen LogP contribution < -0.4 is 0 Å². The van der Waals surface area contributed by atoms with Gasteiger partial charge in [0.2, 0.25) is 0 Å². The van der Waals surface area contributed by atoms with Crippen LogP contribution in [0.2, 0.25) is 0 Å². The van der Waals surface area contributed by atoms with Gasteiger partial charge in [-0.3, -0.25) is 0 Å². The van der Waals surface area contributed by atoms with Gasteiger partial charge in [-0.15, -0.1) is 0 Å². The number of rotatable bonds is 0. The van der Waals surface area contributed by atoms with Crippen LogP contribution in [0.3, 0.4) is 0 Å². The summed E-state index contributed by atoms with van der Waals surface area (Å²) in [5, 5.41) is 0. The number of hydrogen-bond acceptors (Lipinski definition) is 1. The molecule has 1 nitrogen and oxygen atoms in total. The molecule has 0 spiro atoms. The van der Waals surface area contributed by atoms with Crippen LogP contribution in [0.15, 0.2) is 0 Å². The van der Waals surface area contributed by atoms with Crippen molar-refractivity contribution in [2.75, 3.05) is 20.0 Å². The molecule has 10 heavy (non-hydrogen) atoms. The molecule has 0 bridgehead atoms. The van der Waals surface area contributed by atoms with Crippen molar-refractivity contribution in [3.05, 3.63) is 0 Å². The van der Waals surface area contributed by atoms with E-state index in [1.54, 1.807) is 20.0 Å². The fourth-order valence-electron chi connectivity index (χ4n) is 0.612. The van der Waals surface area contributed by atoms with Gasteiger partial charge >= 0.3 is 0 Å². The van der Waals surface area contributed by atoms with Crippen LogP contribution in [-0.4, -0.2) is 20.0 Å². The van der Waals surface area contributed by atoms with Crippen molar-refractivity contribution in [2.24, 2.45) is 5.92 Å². The Balaban J connectivity index is 0.000000162. The molecule has 1 aliphatic carbocycles. The second-order valence-electron chi connectivity index (χ2n) is 3.93. The van der Waals surface area contributed by atoms with Crippen LogP contribution in [0.25, 0.3) is 0 Å².